The number of rotatable bonds is 5. The van der Waals surface area contributed by atoms with Gasteiger partial charge in [-0.25, -0.2) is 4.98 Å². The van der Waals surface area contributed by atoms with Crippen LogP contribution in [0.3, 0.4) is 0 Å². The molecule has 3 amide bonds. The second-order valence-electron chi connectivity index (χ2n) is 10.7. The van der Waals surface area contributed by atoms with Crippen LogP contribution >= 0.6 is 11.3 Å². The Morgan fingerprint density at radius 3 is 2.56 bits per heavy atom. The van der Waals surface area contributed by atoms with Crippen LogP contribution in [0.5, 0.6) is 0 Å². The molecule has 3 aliphatic heterocycles. The standard InChI is InChI=1S/C30H33N5O3S/c1-20-8-9-21(2)25(17-20)32-12-14-33(15-13-32)28(36)22-5-4-11-34(18-22)24-7-3-6-23-27(24)30(38)35(29(23)37)19-26-31-10-16-39-26/h3,6-10,16-17,22H,4-5,11-15,18-19H2,1-2H3. The quantitative estimate of drug-likeness (QED) is 0.451. The smallest absolute Gasteiger partial charge is 0.264 e. The van der Waals surface area contributed by atoms with Crippen LogP contribution in [0.4, 0.5) is 11.4 Å². The molecular weight excluding hydrogens is 510 g/mol. The first-order chi connectivity index (χ1) is 18.9. The zero-order valence-electron chi connectivity index (χ0n) is 22.4. The molecule has 39 heavy (non-hydrogen) atoms. The molecule has 8 nitrogen and oxygen atoms in total. The van der Waals surface area contributed by atoms with Gasteiger partial charge in [-0.15, -0.1) is 11.3 Å². The van der Waals surface area contributed by atoms with Gasteiger partial charge in [0.1, 0.15) is 5.01 Å². The van der Waals surface area contributed by atoms with E-state index in [-0.39, 0.29) is 30.2 Å². The van der Waals surface area contributed by atoms with Gasteiger partial charge in [0, 0.05) is 56.5 Å². The predicted octanol–water partition coefficient (Wildman–Crippen LogP) is 4.12. The Morgan fingerprint density at radius 2 is 1.79 bits per heavy atom. The van der Waals surface area contributed by atoms with E-state index in [0.29, 0.717) is 30.8 Å². The summed E-state index contributed by atoms with van der Waals surface area (Å²) in [7, 11) is 0. The number of aromatic nitrogens is 1. The number of carbonyl (C=O) groups is 3. The molecule has 9 heteroatoms. The fourth-order valence-corrected chi connectivity index (χ4v) is 6.68. The third-order valence-corrected chi connectivity index (χ3v) is 8.93. The van der Waals surface area contributed by atoms with Crippen molar-refractivity contribution in [3.05, 3.63) is 75.2 Å². The van der Waals surface area contributed by atoms with Gasteiger partial charge in [0.05, 0.1) is 29.3 Å². The molecule has 2 saturated heterocycles. The van der Waals surface area contributed by atoms with Crippen molar-refractivity contribution in [1.29, 1.82) is 0 Å². The number of carbonyl (C=O) groups excluding carboxylic acids is 3. The summed E-state index contributed by atoms with van der Waals surface area (Å²) >= 11 is 1.43. The minimum absolute atomic E-state index is 0.125. The van der Waals surface area contributed by atoms with Gasteiger partial charge in [-0.3, -0.25) is 19.3 Å². The molecule has 3 aromatic rings. The Balaban J connectivity index is 1.14. The van der Waals surface area contributed by atoms with Gasteiger partial charge in [0.2, 0.25) is 5.91 Å². The van der Waals surface area contributed by atoms with E-state index in [0.717, 1.165) is 43.2 Å². The molecule has 1 unspecified atom stereocenters. The highest BCUT2D eigenvalue weighted by molar-refractivity contribution is 7.09. The van der Waals surface area contributed by atoms with E-state index in [2.05, 4.69) is 46.8 Å². The molecule has 6 rings (SSSR count). The summed E-state index contributed by atoms with van der Waals surface area (Å²) in [5.74, 6) is -0.489. The minimum atomic E-state index is -0.281. The molecule has 2 aromatic carbocycles. The molecule has 3 aliphatic rings. The highest BCUT2D eigenvalue weighted by atomic mass is 32.1. The lowest BCUT2D eigenvalue weighted by molar-refractivity contribution is -0.136. The summed E-state index contributed by atoms with van der Waals surface area (Å²) in [5, 5.41) is 2.57. The van der Waals surface area contributed by atoms with Gasteiger partial charge in [0.25, 0.3) is 11.8 Å². The molecule has 1 atom stereocenters. The van der Waals surface area contributed by atoms with Gasteiger partial charge < -0.3 is 14.7 Å². The van der Waals surface area contributed by atoms with Crippen LogP contribution in [0, 0.1) is 19.8 Å². The van der Waals surface area contributed by atoms with Crippen LogP contribution in [0.2, 0.25) is 0 Å². The first-order valence-corrected chi connectivity index (χ1v) is 14.5. The van der Waals surface area contributed by atoms with Crippen LogP contribution in [-0.2, 0) is 11.3 Å². The monoisotopic (exact) mass is 543 g/mol. The third kappa shape index (κ3) is 4.80. The number of hydrogen-bond acceptors (Lipinski definition) is 7. The Bertz CT molecular complexity index is 1410. The van der Waals surface area contributed by atoms with Crippen molar-refractivity contribution in [3.8, 4) is 0 Å². The molecule has 0 radical (unpaired) electrons. The lowest BCUT2D eigenvalue weighted by atomic mass is 9.94. The minimum Gasteiger partial charge on any atom is -0.370 e. The molecule has 0 saturated carbocycles. The Labute approximate surface area is 232 Å². The molecule has 2 fully saturated rings. The summed E-state index contributed by atoms with van der Waals surface area (Å²) < 4.78 is 0. The van der Waals surface area contributed by atoms with E-state index in [1.54, 1.807) is 12.3 Å². The van der Waals surface area contributed by atoms with Crippen molar-refractivity contribution in [2.45, 2.75) is 33.2 Å². The maximum Gasteiger partial charge on any atom is 0.264 e. The van der Waals surface area contributed by atoms with Crippen molar-refractivity contribution in [1.82, 2.24) is 14.8 Å². The van der Waals surface area contributed by atoms with Gasteiger partial charge in [-0.2, -0.15) is 0 Å². The molecule has 202 valence electrons. The number of imide groups is 1. The molecule has 0 N–H and O–H groups in total. The highest BCUT2D eigenvalue weighted by Crippen LogP contribution is 2.35. The zero-order chi connectivity index (χ0) is 27.1. The number of nitrogens with zero attached hydrogens (tertiary/aromatic N) is 5. The van der Waals surface area contributed by atoms with Crippen molar-refractivity contribution in [2.75, 3.05) is 49.1 Å². The van der Waals surface area contributed by atoms with Crippen LogP contribution in [0.25, 0.3) is 0 Å². The number of fused-ring (bicyclic) bond motifs is 1. The summed E-state index contributed by atoms with van der Waals surface area (Å²) in [6, 6.07) is 12.0. The third-order valence-electron chi connectivity index (χ3n) is 8.16. The molecule has 1 aromatic heterocycles. The van der Waals surface area contributed by atoms with Crippen LogP contribution in [0.15, 0.2) is 48.0 Å². The van der Waals surface area contributed by atoms with Crippen LogP contribution in [-0.4, -0.2) is 71.8 Å². The average molecular weight is 544 g/mol. The largest absolute Gasteiger partial charge is 0.370 e. The fourth-order valence-electron chi connectivity index (χ4n) is 6.07. The van der Waals surface area contributed by atoms with E-state index < -0.39 is 0 Å². The SMILES string of the molecule is Cc1ccc(C)c(N2CCN(C(=O)C3CCCN(c4cccc5c4C(=O)N(Cc4nccs4)C5=O)C3)CC2)c1. The summed E-state index contributed by atoms with van der Waals surface area (Å²) in [6.45, 7) is 8.81. The number of piperidine rings is 1. The Hall–Kier alpha value is -3.72. The van der Waals surface area contributed by atoms with Crippen molar-refractivity contribution in [3.63, 3.8) is 0 Å². The number of anilines is 2. The van der Waals surface area contributed by atoms with Crippen molar-refractivity contribution >= 4 is 40.4 Å². The lowest BCUT2D eigenvalue weighted by Crippen LogP contribution is -2.52. The van der Waals surface area contributed by atoms with E-state index >= 15 is 0 Å². The van der Waals surface area contributed by atoms with Crippen molar-refractivity contribution < 1.29 is 14.4 Å². The number of thiazole rings is 1. The number of hydrogen-bond donors (Lipinski definition) is 0. The molecule has 0 spiro atoms. The maximum absolute atomic E-state index is 13.6. The van der Waals surface area contributed by atoms with Crippen LogP contribution in [0.1, 0.15) is 49.7 Å². The van der Waals surface area contributed by atoms with Crippen LogP contribution < -0.4 is 9.80 Å². The summed E-state index contributed by atoms with van der Waals surface area (Å²) in [4.78, 5) is 52.2. The number of aryl methyl sites for hydroxylation is 2. The average Bonchev–Trinajstić information content (AvgIpc) is 3.57. The van der Waals surface area contributed by atoms with E-state index in [4.69, 9.17) is 0 Å². The van der Waals surface area contributed by atoms with E-state index in [1.165, 1.54) is 33.1 Å². The molecule has 4 heterocycles. The Morgan fingerprint density at radius 1 is 0.974 bits per heavy atom. The van der Waals surface area contributed by atoms with Gasteiger partial charge in [0.15, 0.2) is 0 Å². The number of piperazine rings is 1. The molecule has 0 bridgehead atoms. The highest BCUT2D eigenvalue weighted by Gasteiger charge is 2.40. The first kappa shape index (κ1) is 25.6. The molecule has 0 aliphatic carbocycles. The molecular formula is C30H33N5O3S. The fraction of sp³-hybridized carbons (Fsp3) is 0.400. The predicted molar refractivity (Wildman–Crippen MR) is 152 cm³/mol. The number of benzene rings is 2. The van der Waals surface area contributed by atoms with Crippen molar-refractivity contribution in [2.24, 2.45) is 5.92 Å². The summed E-state index contributed by atoms with van der Waals surface area (Å²) in [5.41, 5.74) is 5.41. The second kappa shape index (κ2) is 10.4. The van der Waals surface area contributed by atoms with E-state index in [1.807, 2.05) is 22.4 Å². The first-order valence-electron chi connectivity index (χ1n) is 13.6. The van der Waals surface area contributed by atoms with E-state index in [9.17, 15) is 14.4 Å². The maximum atomic E-state index is 13.6. The topological polar surface area (TPSA) is 77.1 Å². The lowest BCUT2D eigenvalue weighted by Gasteiger charge is -2.40. The van der Waals surface area contributed by atoms with Gasteiger partial charge in [-0.1, -0.05) is 18.2 Å². The van der Waals surface area contributed by atoms with Gasteiger partial charge >= 0.3 is 0 Å². The summed E-state index contributed by atoms with van der Waals surface area (Å²) in [6.07, 6.45) is 3.39. The zero-order valence-corrected chi connectivity index (χ0v) is 23.2. The van der Waals surface area contributed by atoms with Gasteiger partial charge in [-0.05, 0) is 56.0 Å². The number of amides is 3. The Kier molecular flexibility index (Phi) is 6.85. The normalized spacial score (nSPS) is 19.6. The second-order valence-corrected chi connectivity index (χ2v) is 11.7.